The summed E-state index contributed by atoms with van der Waals surface area (Å²) in [5, 5.41) is 3.90. The van der Waals surface area contributed by atoms with Crippen LogP contribution in [0.3, 0.4) is 0 Å². The van der Waals surface area contributed by atoms with Crippen molar-refractivity contribution in [3.8, 4) is 5.75 Å². The first-order valence-corrected chi connectivity index (χ1v) is 14.3. The van der Waals surface area contributed by atoms with Crippen molar-refractivity contribution in [2.45, 2.75) is 43.5 Å². The molecule has 0 aliphatic rings. The number of nitrogens with zero attached hydrogens (tertiary/aromatic N) is 1. The average molecular weight is 544 g/mol. The van der Waals surface area contributed by atoms with Gasteiger partial charge in [-0.05, 0) is 56.2 Å². The van der Waals surface area contributed by atoms with Crippen molar-refractivity contribution in [2.24, 2.45) is 11.0 Å². The molecule has 1 amide bonds. The third-order valence-electron chi connectivity index (χ3n) is 5.37. The number of amides is 1. The van der Waals surface area contributed by atoms with E-state index in [9.17, 15) is 21.6 Å². The van der Waals surface area contributed by atoms with Crippen LogP contribution in [-0.2, 0) is 24.9 Å². The van der Waals surface area contributed by atoms with Crippen LogP contribution in [0.4, 0.5) is 0 Å². The Balaban J connectivity index is 1.73. The largest absolute Gasteiger partial charge is 0.378 e. The molecule has 0 saturated carbocycles. The van der Waals surface area contributed by atoms with E-state index in [-0.39, 0.29) is 21.5 Å². The minimum absolute atomic E-state index is 0.00113. The van der Waals surface area contributed by atoms with Gasteiger partial charge in [0, 0.05) is 5.56 Å². The van der Waals surface area contributed by atoms with Crippen LogP contribution in [0.2, 0.25) is 0 Å². The van der Waals surface area contributed by atoms with Gasteiger partial charge < -0.3 is 4.18 Å². The molecule has 9 nitrogen and oxygen atoms in total. The zero-order chi connectivity index (χ0) is 27.2. The number of carbonyl (C=O) groups excluding carboxylic acids is 1. The molecule has 0 spiro atoms. The second kappa shape index (κ2) is 11.7. The summed E-state index contributed by atoms with van der Waals surface area (Å²) in [6, 6.07) is 17.7. The molecular weight excluding hydrogens is 514 g/mol. The fourth-order valence-corrected chi connectivity index (χ4v) is 5.51. The number of sulfonamides is 1. The Kier molecular flexibility index (Phi) is 8.85. The highest BCUT2D eigenvalue weighted by atomic mass is 32.2. The van der Waals surface area contributed by atoms with E-state index in [1.165, 1.54) is 36.5 Å². The first-order valence-electron chi connectivity index (χ1n) is 11.4. The lowest BCUT2D eigenvalue weighted by atomic mass is 10.1. The first kappa shape index (κ1) is 28.0. The number of hydrazone groups is 1. The summed E-state index contributed by atoms with van der Waals surface area (Å²) >= 11 is 0. The summed E-state index contributed by atoms with van der Waals surface area (Å²) in [6.45, 7) is 7.08. The summed E-state index contributed by atoms with van der Waals surface area (Å²) in [7, 11) is -8.04. The summed E-state index contributed by atoms with van der Waals surface area (Å²) in [5.74, 6) is -1.04. The maximum absolute atomic E-state index is 12.8. The zero-order valence-electron chi connectivity index (χ0n) is 20.9. The smallest absolute Gasteiger partial charge is 0.339 e. The van der Waals surface area contributed by atoms with E-state index in [2.05, 4.69) is 15.2 Å². The molecule has 0 unspecified atom stereocenters. The summed E-state index contributed by atoms with van der Waals surface area (Å²) < 4.78 is 58.6. The molecule has 196 valence electrons. The molecule has 1 atom stereocenters. The van der Waals surface area contributed by atoms with Gasteiger partial charge in [0.15, 0.2) is 5.75 Å². The van der Waals surface area contributed by atoms with Gasteiger partial charge in [0.05, 0.1) is 11.1 Å². The molecule has 2 N–H and O–H groups in total. The van der Waals surface area contributed by atoms with Gasteiger partial charge in [-0.15, -0.1) is 0 Å². The predicted molar refractivity (Wildman–Crippen MR) is 141 cm³/mol. The standard InChI is InChI=1S/C26H29N3O6S2/c1-18(2)25(29-36(31,32)22-13-9-19(3)10-14-22)26(30)28-27-17-21-7-5-6-8-24(21)35-37(33,34)23-15-11-20(4)12-16-23/h5-18,25,29H,1-4H3,(H,28,30)/b27-17-/t25-/m1/s1. The number of rotatable bonds is 10. The van der Waals surface area contributed by atoms with Crippen molar-refractivity contribution >= 4 is 32.3 Å². The number of hydrogen-bond acceptors (Lipinski definition) is 7. The molecule has 0 fully saturated rings. The zero-order valence-corrected chi connectivity index (χ0v) is 22.5. The van der Waals surface area contributed by atoms with Crippen molar-refractivity contribution in [2.75, 3.05) is 0 Å². The fraction of sp³-hybridized carbons (Fsp3) is 0.231. The summed E-state index contributed by atoms with van der Waals surface area (Å²) in [4.78, 5) is 12.8. The quantitative estimate of drug-likeness (QED) is 0.229. The van der Waals surface area contributed by atoms with Gasteiger partial charge in [-0.2, -0.15) is 18.2 Å². The van der Waals surface area contributed by atoms with Crippen LogP contribution in [0.1, 0.15) is 30.5 Å². The minimum atomic E-state index is -4.09. The monoisotopic (exact) mass is 543 g/mol. The van der Waals surface area contributed by atoms with Crippen molar-refractivity contribution in [3.05, 3.63) is 89.5 Å². The van der Waals surface area contributed by atoms with E-state index in [1.54, 1.807) is 56.3 Å². The lowest BCUT2D eigenvalue weighted by Crippen LogP contribution is -2.48. The molecule has 3 rings (SSSR count). The minimum Gasteiger partial charge on any atom is -0.378 e. The molecule has 0 aliphatic heterocycles. The van der Waals surface area contributed by atoms with Gasteiger partial charge in [-0.3, -0.25) is 4.79 Å². The van der Waals surface area contributed by atoms with E-state index in [4.69, 9.17) is 4.18 Å². The highest BCUT2D eigenvalue weighted by molar-refractivity contribution is 7.89. The number of hydrogen-bond donors (Lipinski definition) is 2. The van der Waals surface area contributed by atoms with Crippen LogP contribution in [-0.4, -0.2) is 35.0 Å². The van der Waals surface area contributed by atoms with Crippen LogP contribution in [0.5, 0.6) is 5.75 Å². The highest BCUT2D eigenvalue weighted by Crippen LogP contribution is 2.22. The second-order valence-electron chi connectivity index (χ2n) is 8.78. The molecule has 0 aromatic heterocycles. The van der Waals surface area contributed by atoms with Crippen molar-refractivity contribution < 1.29 is 25.8 Å². The van der Waals surface area contributed by atoms with Gasteiger partial charge in [-0.25, -0.2) is 13.8 Å². The molecule has 11 heteroatoms. The number of carbonyl (C=O) groups is 1. The molecule has 0 heterocycles. The Morgan fingerprint density at radius 2 is 1.38 bits per heavy atom. The SMILES string of the molecule is Cc1ccc(S(=O)(=O)N[C@@H](C(=O)N/N=C\c2ccccc2OS(=O)(=O)c2ccc(C)cc2)C(C)C)cc1. The van der Waals surface area contributed by atoms with E-state index in [0.717, 1.165) is 11.1 Å². The van der Waals surface area contributed by atoms with Crippen LogP contribution in [0.15, 0.2) is 87.7 Å². The molecule has 0 bridgehead atoms. The summed E-state index contributed by atoms with van der Waals surface area (Å²) in [5.41, 5.74) is 4.42. The van der Waals surface area contributed by atoms with Crippen LogP contribution in [0, 0.1) is 19.8 Å². The van der Waals surface area contributed by atoms with Gasteiger partial charge >= 0.3 is 10.1 Å². The molecule has 0 radical (unpaired) electrons. The Morgan fingerprint density at radius 3 is 1.95 bits per heavy atom. The third kappa shape index (κ3) is 7.48. The van der Waals surface area contributed by atoms with Crippen LogP contribution in [0.25, 0.3) is 0 Å². The van der Waals surface area contributed by atoms with Gasteiger partial charge in [-0.1, -0.05) is 61.4 Å². The lowest BCUT2D eigenvalue weighted by molar-refractivity contribution is -0.123. The van der Waals surface area contributed by atoms with Crippen molar-refractivity contribution in [1.29, 1.82) is 0 Å². The number of nitrogens with one attached hydrogen (secondary N) is 2. The maximum Gasteiger partial charge on any atom is 0.339 e. The van der Waals surface area contributed by atoms with E-state index in [0.29, 0.717) is 5.56 Å². The van der Waals surface area contributed by atoms with E-state index < -0.39 is 32.1 Å². The lowest BCUT2D eigenvalue weighted by Gasteiger charge is -2.20. The molecule has 0 aliphatic carbocycles. The Bertz CT molecular complexity index is 1480. The number of para-hydroxylation sites is 1. The van der Waals surface area contributed by atoms with Crippen LogP contribution < -0.4 is 14.3 Å². The van der Waals surface area contributed by atoms with Gasteiger partial charge in [0.2, 0.25) is 10.0 Å². The maximum atomic E-state index is 12.8. The van der Waals surface area contributed by atoms with Gasteiger partial charge in [0.1, 0.15) is 10.9 Å². The highest BCUT2D eigenvalue weighted by Gasteiger charge is 2.28. The average Bonchev–Trinajstić information content (AvgIpc) is 2.84. The predicted octanol–water partition coefficient (Wildman–Crippen LogP) is 3.52. The topological polar surface area (TPSA) is 131 Å². The number of benzene rings is 3. The molecule has 3 aromatic rings. The molecule has 3 aromatic carbocycles. The van der Waals surface area contributed by atoms with Crippen molar-refractivity contribution in [3.63, 3.8) is 0 Å². The number of aryl methyl sites for hydroxylation is 2. The fourth-order valence-electron chi connectivity index (χ4n) is 3.21. The molecular formula is C26H29N3O6S2. The second-order valence-corrected chi connectivity index (χ2v) is 12.0. The third-order valence-corrected chi connectivity index (χ3v) is 8.07. The Morgan fingerprint density at radius 1 is 0.838 bits per heavy atom. The Labute approximate surface area is 217 Å². The first-order chi connectivity index (χ1) is 17.4. The summed E-state index contributed by atoms with van der Waals surface area (Å²) in [6.07, 6.45) is 1.23. The normalized spacial score (nSPS) is 13.0. The van der Waals surface area contributed by atoms with E-state index >= 15 is 0 Å². The molecule has 0 saturated heterocycles. The van der Waals surface area contributed by atoms with Crippen molar-refractivity contribution in [1.82, 2.24) is 10.1 Å². The Hall–Kier alpha value is -3.54. The van der Waals surface area contributed by atoms with Crippen LogP contribution >= 0.6 is 0 Å². The van der Waals surface area contributed by atoms with E-state index in [1.807, 2.05) is 13.8 Å². The van der Waals surface area contributed by atoms with Gasteiger partial charge in [0.25, 0.3) is 5.91 Å². The molecule has 37 heavy (non-hydrogen) atoms.